The van der Waals surface area contributed by atoms with E-state index in [0.717, 1.165) is 5.57 Å². The molecule has 0 spiro atoms. The molecule has 12 heteroatoms. The third-order valence-electron chi connectivity index (χ3n) is 13.6. The number of aliphatic hydroxyl groups is 7. The number of rotatable bonds is 6. The van der Waals surface area contributed by atoms with Gasteiger partial charge in [0, 0.05) is 25.9 Å². The van der Waals surface area contributed by atoms with Gasteiger partial charge in [-0.25, -0.2) is 0 Å². The second-order valence-corrected chi connectivity index (χ2v) is 15.7. The highest BCUT2D eigenvalue weighted by atomic mass is 16.7. The molecule has 2 aliphatic heterocycles. The monoisotopic (exact) mass is 656 g/mol. The lowest BCUT2D eigenvalue weighted by Gasteiger charge is -2.67. The first kappa shape index (κ1) is 35.1. The van der Waals surface area contributed by atoms with E-state index in [1.54, 1.807) is 13.8 Å². The van der Waals surface area contributed by atoms with Crippen molar-refractivity contribution in [2.45, 2.75) is 177 Å². The van der Waals surface area contributed by atoms with Crippen LogP contribution in [0.4, 0.5) is 0 Å². The maximum absolute atomic E-state index is 12.4. The smallest absolute Gasteiger partial charge is 0.161 e. The summed E-state index contributed by atoms with van der Waals surface area (Å²) in [7, 11) is 1.54. The summed E-state index contributed by atoms with van der Waals surface area (Å²) < 4.78 is 29.9. The van der Waals surface area contributed by atoms with Crippen LogP contribution in [-0.4, -0.2) is 127 Å². The third kappa shape index (κ3) is 4.92. The van der Waals surface area contributed by atoms with E-state index in [1.165, 1.54) is 14.0 Å². The summed E-state index contributed by atoms with van der Waals surface area (Å²) >= 11 is 0. The van der Waals surface area contributed by atoms with Crippen LogP contribution in [0, 0.1) is 16.7 Å². The SMILES string of the molecule is COC1CC(OC2C(O)CC(OC3CCC4(C)C(=CCC5(O)C4CC(O)C4(C)C(O)(C(C)O)CCC54O)C3)OC2C)OC(C)C1O. The Hall–Kier alpha value is -0.740. The van der Waals surface area contributed by atoms with Gasteiger partial charge in [0.15, 0.2) is 12.6 Å². The molecule has 0 radical (unpaired) electrons. The summed E-state index contributed by atoms with van der Waals surface area (Å²) in [5.74, 6) is -0.459. The Morgan fingerprint density at radius 1 is 0.913 bits per heavy atom. The number of hydrogen-bond acceptors (Lipinski definition) is 12. The fourth-order valence-electron chi connectivity index (χ4n) is 10.5. The molecule has 5 fully saturated rings. The van der Waals surface area contributed by atoms with Crippen LogP contribution in [0.15, 0.2) is 11.6 Å². The van der Waals surface area contributed by atoms with Crippen molar-refractivity contribution in [3.8, 4) is 0 Å². The molecule has 7 N–H and O–H groups in total. The van der Waals surface area contributed by atoms with Gasteiger partial charge in [0.2, 0.25) is 0 Å². The minimum Gasteiger partial charge on any atom is -0.392 e. The quantitative estimate of drug-likeness (QED) is 0.202. The van der Waals surface area contributed by atoms with E-state index < -0.39 is 95.0 Å². The second-order valence-electron chi connectivity index (χ2n) is 15.7. The van der Waals surface area contributed by atoms with Crippen molar-refractivity contribution < 1.29 is 59.4 Å². The Bertz CT molecular complexity index is 1150. The summed E-state index contributed by atoms with van der Waals surface area (Å²) in [5, 5.41) is 79.7. The Kier molecular flexibility index (Phi) is 9.12. The third-order valence-corrected chi connectivity index (χ3v) is 13.6. The molecule has 0 bridgehead atoms. The second kappa shape index (κ2) is 11.9. The van der Waals surface area contributed by atoms with Gasteiger partial charge in [0.05, 0.1) is 48.1 Å². The molecule has 3 saturated carbocycles. The lowest BCUT2D eigenvalue weighted by Crippen LogP contribution is -2.78. The van der Waals surface area contributed by atoms with Crippen LogP contribution in [0.3, 0.4) is 0 Å². The fraction of sp³-hybridized carbons (Fsp3) is 0.941. The van der Waals surface area contributed by atoms with Crippen molar-refractivity contribution in [2.75, 3.05) is 7.11 Å². The zero-order valence-electron chi connectivity index (χ0n) is 28.0. The molecule has 0 amide bonds. The summed E-state index contributed by atoms with van der Waals surface area (Å²) in [6.45, 7) is 8.75. The standard InChI is InChI=1S/C34H56O12/c1-17-28(38)23(42-6)15-27(43-17)46-29-18(2)44-26(14-22(29)36)45-21-8-9-30(4)20(13-21)7-10-33(40)24(30)16-25(37)31(5)32(39,19(3)35)11-12-34(31,33)41/h7,17-19,21-29,35-41H,8-16H2,1-6H3. The van der Waals surface area contributed by atoms with E-state index in [0.29, 0.717) is 25.7 Å². The molecule has 2 heterocycles. The van der Waals surface area contributed by atoms with Crippen LogP contribution in [0.5, 0.6) is 0 Å². The first-order valence-corrected chi connectivity index (χ1v) is 17.2. The van der Waals surface area contributed by atoms with Gasteiger partial charge in [0.1, 0.15) is 29.0 Å². The van der Waals surface area contributed by atoms with E-state index in [9.17, 15) is 35.7 Å². The first-order valence-electron chi connectivity index (χ1n) is 17.2. The van der Waals surface area contributed by atoms with Crippen molar-refractivity contribution >= 4 is 0 Å². The highest BCUT2D eigenvalue weighted by molar-refractivity contribution is 5.36. The summed E-state index contributed by atoms with van der Waals surface area (Å²) in [4.78, 5) is 0. The maximum atomic E-state index is 12.4. The van der Waals surface area contributed by atoms with Crippen molar-refractivity contribution in [1.82, 2.24) is 0 Å². The Morgan fingerprint density at radius 3 is 2.24 bits per heavy atom. The molecule has 264 valence electrons. The molecule has 4 aliphatic carbocycles. The van der Waals surface area contributed by atoms with Crippen LogP contribution in [-0.2, 0) is 23.7 Å². The fourth-order valence-corrected chi connectivity index (χ4v) is 10.5. The topological polar surface area (TPSA) is 188 Å². The number of methoxy groups -OCH3 is 1. The number of fused-ring (bicyclic) bond motifs is 5. The Balaban J connectivity index is 1.12. The van der Waals surface area contributed by atoms with E-state index in [1.807, 2.05) is 13.0 Å². The van der Waals surface area contributed by atoms with Gasteiger partial charge >= 0.3 is 0 Å². The molecule has 17 unspecified atom stereocenters. The highest BCUT2D eigenvalue weighted by Gasteiger charge is 2.80. The molecule has 0 aromatic heterocycles. The predicted molar refractivity (Wildman–Crippen MR) is 163 cm³/mol. The normalized spacial score (nSPS) is 56.4. The lowest BCUT2D eigenvalue weighted by atomic mass is 9.42. The number of aliphatic hydroxyl groups excluding tert-OH is 4. The molecule has 2 saturated heterocycles. The predicted octanol–water partition coefficient (Wildman–Crippen LogP) is 1.04. The van der Waals surface area contributed by atoms with Gasteiger partial charge in [-0.3, -0.25) is 0 Å². The molecule has 6 rings (SSSR count). The highest BCUT2D eigenvalue weighted by Crippen LogP contribution is 2.70. The van der Waals surface area contributed by atoms with Crippen molar-refractivity contribution in [2.24, 2.45) is 16.7 Å². The average molecular weight is 657 g/mol. The summed E-state index contributed by atoms with van der Waals surface area (Å²) in [6, 6.07) is 0. The molecule has 0 aromatic rings. The molecule has 46 heavy (non-hydrogen) atoms. The molecule has 12 nitrogen and oxygen atoms in total. The van der Waals surface area contributed by atoms with E-state index in [4.69, 9.17) is 23.7 Å². The zero-order chi connectivity index (χ0) is 33.6. The Morgan fingerprint density at radius 2 is 1.59 bits per heavy atom. The van der Waals surface area contributed by atoms with Crippen LogP contribution in [0.25, 0.3) is 0 Å². The van der Waals surface area contributed by atoms with Gasteiger partial charge < -0.3 is 59.4 Å². The number of hydrogen-bond donors (Lipinski definition) is 7. The van der Waals surface area contributed by atoms with Gasteiger partial charge in [-0.2, -0.15) is 0 Å². The number of ether oxygens (including phenoxy) is 5. The average Bonchev–Trinajstić information content (AvgIpc) is 3.23. The van der Waals surface area contributed by atoms with Gasteiger partial charge in [-0.1, -0.05) is 25.5 Å². The summed E-state index contributed by atoms with van der Waals surface area (Å²) in [6.07, 6.45) is -2.51. The van der Waals surface area contributed by atoms with E-state index in [-0.39, 0.29) is 38.2 Å². The maximum Gasteiger partial charge on any atom is 0.161 e. The van der Waals surface area contributed by atoms with Crippen molar-refractivity contribution in [3.63, 3.8) is 0 Å². The van der Waals surface area contributed by atoms with Gasteiger partial charge in [-0.15, -0.1) is 0 Å². The van der Waals surface area contributed by atoms with E-state index in [2.05, 4.69) is 6.92 Å². The van der Waals surface area contributed by atoms with Gasteiger partial charge in [0.25, 0.3) is 0 Å². The van der Waals surface area contributed by atoms with Gasteiger partial charge in [-0.05, 0) is 71.1 Å². The van der Waals surface area contributed by atoms with Crippen LogP contribution in [0.2, 0.25) is 0 Å². The molecular weight excluding hydrogens is 600 g/mol. The minimum atomic E-state index is -1.79. The zero-order valence-corrected chi connectivity index (χ0v) is 28.0. The first-order chi connectivity index (χ1) is 21.4. The largest absolute Gasteiger partial charge is 0.392 e. The van der Waals surface area contributed by atoms with Crippen LogP contribution in [0.1, 0.15) is 92.4 Å². The van der Waals surface area contributed by atoms with Crippen molar-refractivity contribution in [3.05, 3.63) is 11.6 Å². The molecule has 17 atom stereocenters. The lowest BCUT2D eigenvalue weighted by molar-refractivity contribution is -0.327. The summed E-state index contributed by atoms with van der Waals surface area (Å²) in [5.41, 5.74) is -6.04. The van der Waals surface area contributed by atoms with Crippen LogP contribution >= 0.6 is 0 Å². The Labute approximate surface area is 271 Å². The van der Waals surface area contributed by atoms with Crippen LogP contribution < -0.4 is 0 Å². The molecule has 0 aromatic carbocycles. The molecule has 6 aliphatic rings. The van der Waals surface area contributed by atoms with Crippen molar-refractivity contribution in [1.29, 1.82) is 0 Å². The minimum absolute atomic E-state index is 0.0744. The van der Waals surface area contributed by atoms with E-state index >= 15 is 0 Å². The molecular formula is C34H56O12.